The van der Waals surface area contributed by atoms with Crippen molar-refractivity contribution in [2.45, 2.75) is 12.5 Å². The number of carbonyl (C=O) groups is 1. The number of ether oxygens (including phenoxy) is 2. The Morgan fingerprint density at radius 3 is 2.42 bits per heavy atom. The Morgan fingerprint density at radius 2 is 1.71 bits per heavy atom. The number of para-hydroxylation sites is 1. The summed E-state index contributed by atoms with van der Waals surface area (Å²) >= 11 is 3.50. The third kappa shape index (κ3) is 4.12. The average molecular weight is 481 g/mol. The molecule has 0 aliphatic carbocycles. The zero-order valence-electron chi connectivity index (χ0n) is 17.8. The molecule has 6 heteroatoms. The molecular formula is C25H25BrN2O3. The highest BCUT2D eigenvalue weighted by Gasteiger charge is 2.31. The molecule has 1 amide bonds. The number of benzene rings is 3. The van der Waals surface area contributed by atoms with Gasteiger partial charge in [0.2, 0.25) is 0 Å². The van der Waals surface area contributed by atoms with Crippen LogP contribution >= 0.6 is 15.9 Å². The number of methoxy groups -OCH3 is 2. The quantitative estimate of drug-likeness (QED) is 0.469. The molecule has 0 fully saturated rings. The predicted octanol–water partition coefficient (Wildman–Crippen LogP) is 5.69. The Hall–Kier alpha value is -2.99. The minimum absolute atomic E-state index is 0.0434. The lowest BCUT2D eigenvalue weighted by Crippen LogP contribution is -2.40. The van der Waals surface area contributed by atoms with Crippen molar-refractivity contribution in [3.63, 3.8) is 0 Å². The molecule has 1 unspecified atom stereocenters. The van der Waals surface area contributed by atoms with Gasteiger partial charge in [-0.1, -0.05) is 34.1 Å². The molecule has 1 aliphatic heterocycles. The van der Waals surface area contributed by atoms with Crippen molar-refractivity contribution in [1.82, 2.24) is 0 Å². The molecule has 160 valence electrons. The predicted molar refractivity (Wildman–Crippen MR) is 128 cm³/mol. The smallest absolute Gasteiger partial charge is 0.258 e. The molecule has 0 N–H and O–H groups in total. The Morgan fingerprint density at radius 1 is 1.00 bits per heavy atom. The first-order valence-electron chi connectivity index (χ1n) is 10.1. The molecule has 1 heterocycles. The number of carbonyl (C=O) groups excluding carboxylic acids is 1. The molecule has 0 bridgehead atoms. The van der Waals surface area contributed by atoms with E-state index in [-0.39, 0.29) is 11.9 Å². The van der Waals surface area contributed by atoms with Gasteiger partial charge in [0.25, 0.3) is 5.91 Å². The van der Waals surface area contributed by atoms with Gasteiger partial charge in [0, 0.05) is 35.0 Å². The van der Waals surface area contributed by atoms with Gasteiger partial charge in [-0.15, -0.1) is 0 Å². The summed E-state index contributed by atoms with van der Waals surface area (Å²) in [7, 11) is 5.27. The number of hydrogen-bond donors (Lipinski definition) is 0. The lowest BCUT2D eigenvalue weighted by Gasteiger charge is -2.39. The Kier molecular flexibility index (Phi) is 6.18. The number of fused-ring (bicyclic) bond motifs is 1. The number of amides is 1. The monoisotopic (exact) mass is 480 g/mol. The van der Waals surface area contributed by atoms with Crippen LogP contribution < -0.4 is 19.3 Å². The molecule has 0 spiro atoms. The fourth-order valence-corrected chi connectivity index (χ4v) is 4.40. The van der Waals surface area contributed by atoms with Gasteiger partial charge in [0.1, 0.15) is 0 Å². The number of hydrogen-bond acceptors (Lipinski definition) is 4. The third-order valence-electron chi connectivity index (χ3n) is 5.79. The van der Waals surface area contributed by atoms with Crippen molar-refractivity contribution in [1.29, 1.82) is 0 Å². The van der Waals surface area contributed by atoms with E-state index >= 15 is 0 Å². The van der Waals surface area contributed by atoms with Gasteiger partial charge >= 0.3 is 0 Å². The second kappa shape index (κ2) is 9.02. The van der Waals surface area contributed by atoms with Crippen molar-refractivity contribution in [3.8, 4) is 11.5 Å². The summed E-state index contributed by atoms with van der Waals surface area (Å²) in [6.07, 6.45) is 0.836. The lowest BCUT2D eigenvalue weighted by molar-refractivity contribution is 0.0983. The van der Waals surface area contributed by atoms with E-state index in [4.69, 9.17) is 9.47 Å². The minimum Gasteiger partial charge on any atom is -0.493 e. The number of halogens is 1. The van der Waals surface area contributed by atoms with Crippen LogP contribution in [0.4, 0.5) is 11.4 Å². The van der Waals surface area contributed by atoms with E-state index < -0.39 is 0 Å². The molecule has 3 aromatic carbocycles. The van der Waals surface area contributed by atoms with E-state index in [1.165, 1.54) is 0 Å². The van der Waals surface area contributed by atoms with Crippen LogP contribution in [0.1, 0.15) is 28.4 Å². The molecular weight excluding hydrogens is 456 g/mol. The van der Waals surface area contributed by atoms with Gasteiger partial charge in [0.15, 0.2) is 11.5 Å². The first kappa shape index (κ1) is 21.2. The van der Waals surface area contributed by atoms with E-state index in [1.54, 1.807) is 32.4 Å². The number of anilines is 2. The van der Waals surface area contributed by atoms with Crippen LogP contribution in [0.5, 0.6) is 11.5 Å². The number of nitrogens with zero attached hydrogens (tertiary/aromatic N) is 2. The largest absolute Gasteiger partial charge is 0.493 e. The summed E-state index contributed by atoms with van der Waals surface area (Å²) in [5.74, 6) is 1.11. The Balaban J connectivity index is 1.66. The zero-order valence-corrected chi connectivity index (χ0v) is 19.4. The normalized spacial score (nSPS) is 15.2. The van der Waals surface area contributed by atoms with E-state index in [2.05, 4.69) is 46.1 Å². The Bertz CT molecular complexity index is 1080. The van der Waals surface area contributed by atoms with E-state index in [0.717, 1.165) is 27.8 Å². The molecule has 5 nitrogen and oxygen atoms in total. The maximum Gasteiger partial charge on any atom is 0.258 e. The van der Waals surface area contributed by atoms with Crippen molar-refractivity contribution < 1.29 is 14.3 Å². The van der Waals surface area contributed by atoms with E-state index in [1.807, 2.05) is 35.2 Å². The average Bonchev–Trinajstić information content (AvgIpc) is 2.82. The Labute approximate surface area is 191 Å². The second-order valence-corrected chi connectivity index (χ2v) is 8.39. The zero-order chi connectivity index (χ0) is 22.0. The number of rotatable bonds is 5. The minimum atomic E-state index is -0.0434. The topological polar surface area (TPSA) is 42.0 Å². The van der Waals surface area contributed by atoms with Crippen molar-refractivity contribution >= 4 is 33.2 Å². The molecule has 4 rings (SSSR count). The van der Waals surface area contributed by atoms with Gasteiger partial charge < -0.3 is 19.3 Å². The van der Waals surface area contributed by atoms with Gasteiger partial charge in [0.05, 0.1) is 20.3 Å². The third-order valence-corrected chi connectivity index (χ3v) is 6.32. The van der Waals surface area contributed by atoms with Crippen LogP contribution in [0.3, 0.4) is 0 Å². The van der Waals surface area contributed by atoms with Crippen molar-refractivity contribution in [2.24, 2.45) is 0 Å². The highest BCUT2D eigenvalue weighted by molar-refractivity contribution is 9.10. The first-order valence-corrected chi connectivity index (χ1v) is 10.9. The molecule has 1 aliphatic rings. The summed E-state index contributed by atoms with van der Waals surface area (Å²) in [5, 5.41) is 0. The molecule has 31 heavy (non-hydrogen) atoms. The van der Waals surface area contributed by atoms with Crippen LogP contribution in [0.15, 0.2) is 71.2 Å². The molecule has 0 saturated carbocycles. The van der Waals surface area contributed by atoms with Crippen LogP contribution in [0.25, 0.3) is 0 Å². The van der Waals surface area contributed by atoms with Crippen LogP contribution in [0.2, 0.25) is 0 Å². The first-order chi connectivity index (χ1) is 15.0. The van der Waals surface area contributed by atoms with Crippen LogP contribution in [-0.2, 0) is 0 Å². The maximum absolute atomic E-state index is 13.4. The van der Waals surface area contributed by atoms with Crippen molar-refractivity contribution in [2.75, 3.05) is 37.6 Å². The summed E-state index contributed by atoms with van der Waals surface area (Å²) in [5.41, 5.74) is 3.81. The standard InChI is InChI=1S/C25H25BrN2O3/c1-27(19-11-9-18(26)10-12-19)21-14-15-28(22-7-5-4-6-20(21)22)25(29)17-8-13-23(30-2)24(16-17)31-3/h4-13,16,21H,14-15H2,1-3H3. The highest BCUT2D eigenvalue weighted by atomic mass is 79.9. The summed E-state index contributed by atoms with van der Waals surface area (Å²) in [6, 6.07) is 21.9. The molecule has 0 aromatic heterocycles. The summed E-state index contributed by atoms with van der Waals surface area (Å²) in [6.45, 7) is 0.635. The fourth-order valence-electron chi connectivity index (χ4n) is 4.14. The maximum atomic E-state index is 13.4. The SMILES string of the molecule is COc1ccc(C(=O)N2CCC(N(C)c3ccc(Br)cc3)c3ccccc32)cc1OC. The lowest BCUT2D eigenvalue weighted by atomic mass is 9.94. The fraction of sp³-hybridized carbons (Fsp3) is 0.240. The van der Waals surface area contributed by atoms with Gasteiger partial charge in [-0.2, -0.15) is 0 Å². The molecule has 0 radical (unpaired) electrons. The van der Waals surface area contributed by atoms with Gasteiger partial charge in [-0.25, -0.2) is 0 Å². The van der Waals surface area contributed by atoms with E-state index in [9.17, 15) is 4.79 Å². The summed E-state index contributed by atoms with van der Waals surface area (Å²) in [4.78, 5) is 17.6. The van der Waals surface area contributed by atoms with Crippen LogP contribution in [-0.4, -0.2) is 33.7 Å². The molecule has 3 aromatic rings. The van der Waals surface area contributed by atoms with E-state index in [0.29, 0.717) is 23.6 Å². The molecule has 1 atom stereocenters. The highest BCUT2D eigenvalue weighted by Crippen LogP contribution is 2.40. The van der Waals surface area contributed by atoms with Crippen LogP contribution in [0, 0.1) is 0 Å². The summed E-state index contributed by atoms with van der Waals surface area (Å²) < 4.78 is 11.7. The van der Waals surface area contributed by atoms with Crippen molar-refractivity contribution in [3.05, 3.63) is 82.3 Å². The van der Waals surface area contributed by atoms with Gasteiger partial charge in [-0.3, -0.25) is 4.79 Å². The van der Waals surface area contributed by atoms with Gasteiger partial charge in [-0.05, 0) is 60.5 Å². The molecule has 0 saturated heterocycles. The second-order valence-electron chi connectivity index (χ2n) is 7.48.